The van der Waals surface area contributed by atoms with Gasteiger partial charge in [0, 0.05) is 24.3 Å². The molecule has 0 aliphatic heterocycles. The second-order valence-electron chi connectivity index (χ2n) is 8.09. The van der Waals surface area contributed by atoms with Crippen molar-refractivity contribution in [3.63, 3.8) is 0 Å². The van der Waals surface area contributed by atoms with Gasteiger partial charge in [-0.1, -0.05) is 18.5 Å². The Morgan fingerprint density at radius 3 is 2.19 bits per heavy atom. The van der Waals surface area contributed by atoms with E-state index in [9.17, 15) is 35.9 Å². The molecule has 36 heavy (non-hydrogen) atoms. The Kier molecular flexibility index (Phi) is 7.58. The van der Waals surface area contributed by atoms with Crippen LogP contribution in [0.1, 0.15) is 43.3 Å². The van der Waals surface area contributed by atoms with Crippen LogP contribution in [0.25, 0.3) is 10.9 Å². The molecule has 2 aromatic carbocycles. The largest absolute Gasteiger partial charge is 0.416 e. The van der Waals surface area contributed by atoms with Gasteiger partial charge in [0.25, 0.3) is 5.56 Å². The van der Waals surface area contributed by atoms with Crippen molar-refractivity contribution >= 4 is 34.2 Å². The van der Waals surface area contributed by atoms with Gasteiger partial charge in [0.05, 0.1) is 28.1 Å². The first-order chi connectivity index (χ1) is 16.6. The number of nitrogens with one attached hydrogen (secondary N) is 1. The molecule has 0 radical (unpaired) electrons. The monoisotopic (exact) mass is 534 g/mol. The highest BCUT2D eigenvalue weighted by molar-refractivity contribution is 6.31. The van der Waals surface area contributed by atoms with Gasteiger partial charge in [-0.15, -0.1) is 0 Å². The first-order valence-electron chi connectivity index (χ1n) is 10.7. The van der Waals surface area contributed by atoms with Crippen molar-refractivity contribution < 1.29 is 31.1 Å². The minimum absolute atomic E-state index is 0.0247. The lowest BCUT2D eigenvalue weighted by atomic mass is 10.1. The number of amides is 2. The second kappa shape index (κ2) is 10.00. The van der Waals surface area contributed by atoms with Gasteiger partial charge in [-0.05, 0) is 49.7 Å². The highest BCUT2D eigenvalue weighted by atomic mass is 35.5. The van der Waals surface area contributed by atoms with Gasteiger partial charge in [0.15, 0.2) is 0 Å². The molecule has 3 rings (SSSR count). The van der Waals surface area contributed by atoms with Crippen molar-refractivity contribution in [2.45, 2.75) is 38.7 Å². The van der Waals surface area contributed by atoms with Gasteiger partial charge in [-0.2, -0.15) is 26.3 Å². The number of aromatic nitrogens is 2. The average molecular weight is 535 g/mol. The molecule has 0 saturated heterocycles. The maximum atomic E-state index is 13.2. The molecule has 0 aliphatic carbocycles. The van der Waals surface area contributed by atoms with Crippen LogP contribution in [0.4, 0.5) is 36.8 Å². The van der Waals surface area contributed by atoms with Crippen LogP contribution in [0.2, 0.25) is 5.02 Å². The fourth-order valence-corrected chi connectivity index (χ4v) is 3.88. The van der Waals surface area contributed by atoms with Crippen LogP contribution < -0.4 is 10.9 Å². The summed E-state index contributed by atoms with van der Waals surface area (Å²) in [7, 11) is 1.44. The molecular formula is C23H21ClF6N4O2. The number of halogens is 7. The van der Waals surface area contributed by atoms with E-state index in [1.807, 2.05) is 0 Å². The smallest absolute Gasteiger partial charge is 0.315 e. The number of anilines is 1. The van der Waals surface area contributed by atoms with Crippen LogP contribution in [0, 0.1) is 0 Å². The van der Waals surface area contributed by atoms with Crippen molar-refractivity contribution in [2.75, 3.05) is 11.9 Å². The minimum atomic E-state index is -5.06. The maximum absolute atomic E-state index is 13.2. The van der Waals surface area contributed by atoms with Gasteiger partial charge in [-0.3, -0.25) is 9.36 Å². The Morgan fingerprint density at radius 1 is 1.08 bits per heavy atom. The standard InChI is InChI=1S/C23H21ClF6N4O2/c1-4-7-34(12(2)19-32-18-6-5-15(24)11-17(18)20(35)33(19)3)21(36)31-16-9-13(22(25,26)27)8-14(10-16)23(28,29)30/h5-6,8-12H,4,7H2,1-3H3,(H,31,36). The van der Waals surface area contributed by atoms with Gasteiger partial charge < -0.3 is 10.2 Å². The third-order valence-electron chi connectivity index (χ3n) is 5.48. The van der Waals surface area contributed by atoms with Crippen molar-refractivity contribution in [1.29, 1.82) is 0 Å². The number of fused-ring (bicyclic) bond motifs is 1. The number of carbonyl (C=O) groups excluding carboxylic acids is 1. The Labute approximate surface area is 206 Å². The summed E-state index contributed by atoms with van der Waals surface area (Å²) < 4.78 is 80.4. The first kappa shape index (κ1) is 27.3. The molecule has 194 valence electrons. The normalized spacial score (nSPS) is 13.1. The second-order valence-corrected chi connectivity index (χ2v) is 8.53. The Bertz CT molecular complexity index is 1320. The zero-order valence-electron chi connectivity index (χ0n) is 19.3. The summed E-state index contributed by atoms with van der Waals surface area (Å²) in [5, 5.41) is 2.71. The van der Waals surface area contributed by atoms with E-state index in [0.717, 1.165) is 0 Å². The molecule has 0 aliphatic rings. The molecule has 1 atom stereocenters. The fraction of sp³-hybridized carbons (Fsp3) is 0.348. The Balaban J connectivity index is 2.01. The van der Waals surface area contributed by atoms with Crippen LogP contribution in [0.15, 0.2) is 41.2 Å². The number of carbonyl (C=O) groups is 1. The van der Waals surface area contributed by atoms with Crippen molar-refractivity contribution in [3.05, 3.63) is 68.7 Å². The summed E-state index contributed by atoms with van der Waals surface area (Å²) in [4.78, 5) is 31.5. The quantitative estimate of drug-likeness (QED) is 0.374. The number of rotatable bonds is 5. The van der Waals surface area contributed by atoms with Crippen molar-refractivity contribution in [1.82, 2.24) is 14.5 Å². The Hall–Kier alpha value is -3.28. The number of hydrogen-bond donors (Lipinski definition) is 1. The number of alkyl halides is 6. The fourth-order valence-electron chi connectivity index (χ4n) is 3.71. The Morgan fingerprint density at radius 2 is 1.67 bits per heavy atom. The van der Waals surface area contributed by atoms with Gasteiger partial charge in [0.1, 0.15) is 5.82 Å². The summed E-state index contributed by atoms with van der Waals surface area (Å²) in [5.74, 6) is 0.165. The summed E-state index contributed by atoms with van der Waals surface area (Å²) in [6, 6.07) is 3.52. The van der Waals surface area contributed by atoms with Gasteiger partial charge in [-0.25, -0.2) is 9.78 Å². The van der Waals surface area contributed by atoms with Crippen LogP contribution in [0.5, 0.6) is 0 Å². The average Bonchev–Trinajstić information content (AvgIpc) is 2.78. The van der Waals surface area contributed by atoms with Crippen LogP contribution >= 0.6 is 11.6 Å². The summed E-state index contributed by atoms with van der Waals surface area (Å²) in [5.41, 5.74) is -3.91. The predicted octanol–water partition coefficient (Wildman–Crippen LogP) is 6.63. The number of urea groups is 1. The van der Waals surface area contributed by atoms with E-state index >= 15 is 0 Å². The van der Waals surface area contributed by atoms with E-state index in [-0.39, 0.29) is 23.8 Å². The summed E-state index contributed by atoms with van der Waals surface area (Å²) in [6.07, 6.45) is -9.72. The van der Waals surface area contributed by atoms with Crippen LogP contribution in [-0.4, -0.2) is 27.0 Å². The highest BCUT2D eigenvalue weighted by Crippen LogP contribution is 2.37. The van der Waals surface area contributed by atoms with Crippen LogP contribution in [-0.2, 0) is 19.4 Å². The zero-order valence-corrected chi connectivity index (χ0v) is 20.0. The topological polar surface area (TPSA) is 67.2 Å². The lowest BCUT2D eigenvalue weighted by Crippen LogP contribution is -2.40. The molecule has 6 nitrogen and oxygen atoms in total. The molecule has 13 heteroatoms. The lowest BCUT2D eigenvalue weighted by molar-refractivity contribution is -0.143. The molecule has 2 amide bonds. The maximum Gasteiger partial charge on any atom is 0.416 e. The number of nitrogens with zero attached hydrogens (tertiary/aromatic N) is 3. The van der Waals surface area contributed by atoms with E-state index in [4.69, 9.17) is 11.6 Å². The van der Waals surface area contributed by atoms with Gasteiger partial charge in [0.2, 0.25) is 0 Å². The van der Waals surface area contributed by atoms with Crippen LogP contribution in [0.3, 0.4) is 0 Å². The third-order valence-corrected chi connectivity index (χ3v) is 5.71. The number of hydrogen-bond acceptors (Lipinski definition) is 3. The zero-order chi connectivity index (χ0) is 27.0. The van der Waals surface area contributed by atoms with Gasteiger partial charge >= 0.3 is 18.4 Å². The molecule has 0 fully saturated rings. The summed E-state index contributed by atoms with van der Waals surface area (Å²) >= 11 is 5.96. The molecule has 3 aromatic rings. The molecule has 0 saturated carbocycles. The third kappa shape index (κ3) is 5.75. The molecule has 1 heterocycles. The van der Waals surface area contributed by atoms with Crippen molar-refractivity contribution in [3.8, 4) is 0 Å². The van der Waals surface area contributed by atoms with E-state index in [2.05, 4.69) is 10.3 Å². The molecule has 1 N–H and O–H groups in total. The molecule has 1 unspecified atom stereocenters. The first-order valence-corrected chi connectivity index (χ1v) is 11.0. The molecular weight excluding hydrogens is 514 g/mol. The lowest BCUT2D eigenvalue weighted by Gasteiger charge is -2.30. The molecule has 0 spiro atoms. The van der Waals surface area contributed by atoms with Crippen molar-refractivity contribution in [2.24, 2.45) is 7.05 Å². The molecule has 0 bridgehead atoms. The summed E-state index contributed by atoms with van der Waals surface area (Å²) in [6.45, 7) is 3.35. The minimum Gasteiger partial charge on any atom is -0.315 e. The highest BCUT2D eigenvalue weighted by Gasteiger charge is 2.37. The van der Waals surface area contributed by atoms with E-state index in [1.165, 1.54) is 34.7 Å². The van der Waals surface area contributed by atoms with E-state index < -0.39 is 46.8 Å². The number of benzene rings is 2. The van der Waals surface area contributed by atoms with E-state index in [1.54, 1.807) is 13.8 Å². The SMILES string of the molecule is CCCN(C(=O)Nc1cc(C(F)(F)F)cc(C(F)(F)F)c1)C(C)c1nc2ccc(Cl)cc2c(=O)n1C. The van der Waals surface area contributed by atoms with E-state index in [0.29, 0.717) is 29.1 Å². The predicted molar refractivity (Wildman–Crippen MR) is 123 cm³/mol. The molecule has 1 aromatic heterocycles.